The Bertz CT molecular complexity index is 410. The van der Waals surface area contributed by atoms with Crippen molar-refractivity contribution in [2.45, 2.75) is 50.6 Å². The Hall–Kier alpha value is -0.530. The number of likely N-dealkylation sites (tertiary alicyclic amines) is 1. The summed E-state index contributed by atoms with van der Waals surface area (Å²) in [7, 11) is 0. The van der Waals surface area contributed by atoms with E-state index < -0.39 is 0 Å². The van der Waals surface area contributed by atoms with Crippen LogP contribution in [0.1, 0.15) is 38.5 Å². The van der Waals surface area contributed by atoms with Gasteiger partial charge in [-0.05, 0) is 43.9 Å². The van der Waals surface area contributed by atoms with Crippen molar-refractivity contribution < 1.29 is 9.59 Å². The van der Waals surface area contributed by atoms with Crippen molar-refractivity contribution >= 4 is 34.5 Å². The molecule has 1 saturated heterocycles. The Morgan fingerprint density at radius 3 is 2.38 bits per heavy atom. The van der Waals surface area contributed by atoms with Crippen LogP contribution in [0.15, 0.2) is 0 Å². The summed E-state index contributed by atoms with van der Waals surface area (Å²) in [6.45, 7) is 1.53. The molecule has 3 fully saturated rings. The second kappa shape index (κ2) is 6.71. The van der Waals surface area contributed by atoms with Crippen LogP contribution in [0.25, 0.3) is 0 Å². The summed E-state index contributed by atoms with van der Waals surface area (Å²) >= 11 is 2.11. The molecular weight excluding hydrogens is 381 g/mol. The molecule has 0 aromatic carbocycles. The van der Waals surface area contributed by atoms with Crippen molar-refractivity contribution in [1.82, 2.24) is 15.5 Å². The average Bonchev–Trinajstić information content (AvgIpc) is 3.09. The number of amides is 3. The lowest BCUT2D eigenvalue weighted by atomic mass is 9.95. The molecular formula is C15H24IN3O2. The number of piperidine rings is 1. The van der Waals surface area contributed by atoms with E-state index in [-0.39, 0.29) is 18.0 Å². The molecule has 3 aliphatic rings. The Kier molecular flexibility index (Phi) is 4.91. The van der Waals surface area contributed by atoms with Crippen LogP contribution in [0.2, 0.25) is 0 Å². The highest BCUT2D eigenvalue weighted by molar-refractivity contribution is 14.1. The predicted molar refractivity (Wildman–Crippen MR) is 89.4 cm³/mol. The first-order chi connectivity index (χ1) is 10.2. The highest BCUT2D eigenvalue weighted by Crippen LogP contribution is 2.44. The molecule has 2 bridgehead atoms. The topological polar surface area (TPSA) is 61.4 Å². The summed E-state index contributed by atoms with van der Waals surface area (Å²) in [6.07, 6.45) is 6.85. The second-order valence-corrected chi connectivity index (χ2v) is 7.45. The van der Waals surface area contributed by atoms with Gasteiger partial charge in [0.1, 0.15) is 0 Å². The number of alkyl halides is 1. The molecule has 2 N–H and O–H groups in total. The van der Waals surface area contributed by atoms with Gasteiger partial charge in [-0.25, -0.2) is 4.79 Å². The molecule has 5 nitrogen and oxygen atoms in total. The number of rotatable bonds is 3. The minimum Gasteiger partial charge on any atom is -0.342 e. The number of urea groups is 1. The van der Waals surface area contributed by atoms with Gasteiger partial charge in [0.15, 0.2) is 0 Å². The fourth-order valence-electron chi connectivity index (χ4n) is 4.17. The maximum absolute atomic E-state index is 12.1. The first-order valence-electron chi connectivity index (χ1n) is 8.06. The third kappa shape index (κ3) is 3.63. The monoisotopic (exact) mass is 405 g/mol. The van der Waals surface area contributed by atoms with Gasteiger partial charge in [-0.3, -0.25) is 4.79 Å². The molecule has 0 aromatic heterocycles. The Labute approximate surface area is 139 Å². The smallest absolute Gasteiger partial charge is 0.315 e. The van der Waals surface area contributed by atoms with Crippen LogP contribution in [0.5, 0.6) is 0 Å². The highest BCUT2D eigenvalue weighted by atomic mass is 127. The summed E-state index contributed by atoms with van der Waals surface area (Å²) in [5.41, 5.74) is 0. The van der Waals surface area contributed by atoms with E-state index in [9.17, 15) is 9.59 Å². The van der Waals surface area contributed by atoms with E-state index in [1.165, 1.54) is 25.7 Å². The van der Waals surface area contributed by atoms with Gasteiger partial charge in [-0.2, -0.15) is 0 Å². The highest BCUT2D eigenvalue weighted by Gasteiger charge is 2.40. The molecule has 0 radical (unpaired) electrons. The first-order valence-corrected chi connectivity index (χ1v) is 9.59. The largest absolute Gasteiger partial charge is 0.342 e. The number of carbonyl (C=O) groups excluding carboxylic acids is 2. The maximum atomic E-state index is 12.1. The fourth-order valence-corrected chi connectivity index (χ4v) is 4.66. The predicted octanol–water partition coefficient (Wildman–Crippen LogP) is 1.90. The number of hydrogen-bond acceptors (Lipinski definition) is 2. The summed E-state index contributed by atoms with van der Waals surface area (Å²) in [5.74, 6) is 1.77. The molecule has 6 heteroatoms. The van der Waals surface area contributed by atoms with Crippen LogP contribution in [0.3, 0.4) is 0 Å². The van der Waals surface area contributed by atoms with Crippen LogP contribution < -0.4 is 10.6 Å². The molecule has 3 unspecified atom stereocenters. The minimum absolute atomic E-state index is 0.00813. The minimum atomic E-state index is -0.00813. The normalized spacial score (nSPS) is 32.2. The number of nitrogens with zero attached hydrogens (tertiary/aromatic N) is 1. The van der Waals surface area contributed by atoms with E-state index >= 15 is 0 Å². The summed E-state index contributed by atoms with van der Waals surface area (Å²) < 4.78 is 0.542. The van der Waals surface area contributed by atoms with E-state index in [2.05, 4.69) is 33.2 Å². The Morgan fingerprint density at radius 1 is 1.05 bits per heavy atom. The number of nitrogens with one attached hydrogen (secondary N) is 2. The molecule has 0 aromatic rings. The summed E-state index contributed by atoms with van der Waals surface area (Å²) in [4.78, 5) is 25.6. The summed E-state index contributed by atoms with van der Waals surface area (Å²) in [5, 5.41) is 6.26. The van der Waals surface area contributed by atoms with Gasteiger partial charge in [0.2, 0.25) is 5.91 Å². The molecule has 1 aliphatic heterocycles. The first kappa shape index (κ1) is 15.4. The molecule has 2 aliphatic carbocycles. The lowest BCUT2D eigenvalue weighted by molar-refractivity contribution is -0.129. The lowest BCUT2D eigenvalue weighted by Crippen LogP contribution is -2.51. The van der Waals surface area contributed by atoms with Crippen LogP contribution in [-0.2, 0) is 4.79 Å². The van der Waals surface area contributed by atoms with Crippen LogP contribution in [-0.4, -0.2) is 46.4 Å². The van der Waals surface area contributed by atoms with Crippen LogP contribution >= 0.6 is 22.6 Å². The van der Waals surface area contributed by atoms with Crippen molar-refractivity contribution in [2.24, 2.45) is 11.8 Å². The quantitative estimate of drug-likeness (QED) is 0.557. The second-order valence-electron chi connectivity index (χ2n) is 6.69. The van der Waals surface area contributed by atoms with Crippen LogP contribution in [0.4, 0.5) is 4.79 Å². The maximum Gasteiger partial charge on any atom is 0.315 e. The van der Waals surface area contributed by atoms with Crippen molar-refractivity contribution in [1.29, 1.82) is 0 Å². The van der Waals surface area contributed by atoms with Crippen molar-refractivity contribution in [3.8, 4) is 0 Å². The van der Waals surface area contributed by atoms with Gasteiger partial charge in [0, 0.05) is 25.2 Å². The number of halogens is 1. The zero-order valence-corrected chi connectivity index (χ0v) is 14.5. The molecule has 3 rings (SSSR count). The molecule has 3 amide bonds. The Balaban J connectivity index is 1.39. The molecule has 21 heavy (non-hydrogen) atoms. The summed E-state index contributed by atoms with van der Waals surface area (Å²) in [6, 6.07) is 0.595. The number of carbonyl (C=O) groups is 2. The molecule has 3 atom stereocenters. The van der Waals surface area contributed by atoms with E-state index in [1.54, 1.807) is 0 Å². The van der Waals surface area contributed by atoms with Gasteiger partial charge >= 0.3 is 6.03 Å². The van der Waals surface area contributed by atoms with Gasteiger partial charge in [-0.1, -0.05) is 29.0 Å². The zero-order valence-electron chi connectivity index (χ0n) is 12.3. The van der Waals surface area contributed by atoms with Gasteiger partial charge < -0.3 is 15.5 Å². The third-order valence-electron chi connectivity index (χ3n) is 5.35. The lowest BCUT2D eigenvalue weighted by Gasteiger charge is -2.32. The molecule has 2 saturated carbocycles. The van der Waals surface area contributed by atoms with Crippen molar-refractivity contribution in [3.05, 3.63) is 0 Å². The van der Waals surface area contributed by atoms with Crippen molar-refractivity contribution in [2.75, 3.05) is 17.5 Å². The van der Waals surface area contributed by atoms with Gasteiger partial charge in [-0.15, -0.1) is 0 Å². The van der Waals surface area contributed by atoms with E-state index in [4.69, 9.17) is 0 Å². The van der Waals surface area contributed by atoms with E-state index in [0.29, 0.717) is 16.4 Å². The van der Waals surface area contributed by atoms with Crippen molar-refractivity contribution in [3.63, 3.8) is 0 Å². The molecule has 1 heterocycles. The fraction of sp³-hybridized carbons (Fsp3) is 0.867. The molecule has 0 spiro atoms. The SMILES string of the molecule is O=C(NC1CCN(C(=O)CI)CC1)NC1CC2CCC1C2. The Morgan fingerprint density at radius 2 is 1.81 bits per heavy atom. The van der Waals surface area contributed by atoms with Gasteiger partial charge in [0.05, 0.1) is 4.43 Å². The third-order valence-corrected chi connectivity index (χ3v) is 6.00. The molecule has 118 valence electrons. The number of hydrogen-bond donors (Lipinski definition) is 2. The van der Waals surface area contributed by atoms with E-state index in [1.807, 2.05) is 4.90 Å². The van der Waals surface area contributed by atoms with E-state index in [0.717, 1.165) is 31.8 Å². The van der Waals surface area contributed by atoms with Crippen LogP contribution in [0, 0.1) is 11.8 Å². The zero-order chi connectivity index (χ0) is 14.8. The number of fused-ring (bicyclic) bond motifs is 2. The van der Waals surface area contributed by atoms with Gasteiger partial charge in [0.25, 0.3) is 0 Å². The average molecular weight is 405 g/mol. The standard InChI is InChI=1S/C15H24IN3O2/c16-9-14(20)19-5-3-12(4-6-19)17-15(21)18-13-8-10-1-2-11(13)7-10/h10-13H,1-9H2,(H2,17,18,21).